The number of benzene rings is 1. The topological polar surface area (TPSA) is 83.1 Å². The molecule has 0 spiro atoms. The molecule has 1 aromatic rings. The lowest BCUT2D eigenvalue weighted by Gasteiger charge is -2.34. The van der Waals surface area contributed by atoms with Gasteiger partial charge in [-0.05, 0) is 37.0 Å². The van der Waals surface area contributed by atoms with Crippen molar-refractivity contribution < 1.29 is 14.3 Å². The third-order valence-corrected chi connectivity index (χ3v) is 5.25. The number of hydrogen-bond donors (Lipinski definition) is 0. The minimum Gasteiger partial charge on any atom is -0.496 e. The van der Waals surface area contributed by atoms with Crippen LogP contribution in [0.3, 0.4) is 0 Å². The second-order valence-electron chi connectivity index (χ2n) is 6.86. The van der Waals surface area contributed by atoms with Gasteiger partial charge in [0, 0.05) is 24.3 Å². The molecule has 1 fully saturated rings. The highest BCUT2D eigenvalue weighted by Crippen LogP contribution is 2.51. The van der Waals surface area contributed by atoms with Gasteiger partial charge in [0.1, 0.15) is 17.3 Å². The highest BCUT2D eigenvalue weighted by Gasteiger charge is 2.47. The quantitative estimate of drug-likeness (QED) is 0.681. The summed E-state index contributed by atoms with van der Waals surface area (Å²) in [5.74, 6) is 0.691. The van der Waals surface area contributed by atoms with Gasteiger partial charge >= 0.3 is 0 Å². The Kier molecular flexibility index (Phi) is 6.64. The monoisotopic (exact) mass is 354 g/mol. The summed E-state index contributed by atoms with van der Waals surface area (Å²) in [7, 11) is 3.14. The lowest BCUT2D eigenvalue weighted by Crippen LogP contribution is -2.33. The zero-order chi connectivity index (χ0) is 19.2. The molecule has 1 atom stereocenters. The van der Waals surface area contributed by atoms with E-state index < -0.39 is 11.3 Å². The molecule has 1 saturated carbocycles. The normalized spacial score (nSPS) is 18.7. The van der Waals surface area contributed by atoms with E-state index in [1.54, 1.807) is 14.2 Å². The molecular weight excluding hydrogens is 328 g/mol. The SMILES string of the molecule is CCCCCc1cc(OC)c([C@@H]2CC(=O)CCC2(C#N)C#N)c(OC)c1. The molecule has 0 N–H and O–H groups in total. The fourth-order valence-corrected chi connectivity index (χ4v) is 3.72. The lowest BCUT2D eigenvalue weighted by molar-refractivity contribution is -0.121. The summed E-state index contributed by atoms with van der Waals surface area (Å²) < 4.78 is 11.2. The molecule has 26 heavy (non-hydrogen) atoms. The van der Waals surface area contributed by atoms with E-state index in [1.807, 2.05) is 12.1 Å². The van der Waals surface area contributed by atoms with Gasteiger partial charge in [-0.2, -0.15) is 10.5 Å². The van der Waals surface area contributed by atoms with Gasteiger partial charge in [-0.15, -0.1) is 0 Å². The first-order valence-corrected chi connectivity index (χ1v) is 9.14. The number of aryl methyl sites for hydroxylation is 1. The molecular formula is C21H26N2O3. The maximum Gasteiger partial charge on any atom is 0.151 e. The Labute approximate surface area is 155 Å². The highest BCUT2D eigenvalue weighted by molar-refractivity contribution is 5.81. The van der Waals surface area contributed by atoms with Crippen LogP contribution < -0.4 is 9.47 Å². The first kappa shape index (κ1) is 19.8. The van der Waals surface area contributed by atoms with Crippen molar-refractivity contribution in [2.75, 3.05) is 14.2 Å². The van der Waals surface area contributed by atoms with E-state index in [0.29, 0.717) is 17.1 Å². The fourth-order valence-electron chi connectivity index (χ4n) is 3.72. The van der Waals surface area contributed by atoms with Gasteiger partial charge in [0.2, 0.25) is 0 Å². The Morgan fingerprint density at radius 2 is 1.77 bits per heavy atom. The predicted octanol–water partition coefficient (Wildman–Crippen LogP) is 4.31. The van der Waals surface area contributed by atoms with E-state index in [4.69, 9.17) is 9.47 Å². The number of ketones is 1. The third-order valence-electron chi connectivity index (χ3n) is 5.25. The van der Waals surface area contributed by atoms with Gasteiger partial charge < -0.3 is 9.47 Å². The van der Waals surface area contributed by atoms with Crippen LogP contribution in [-0.2, 0) is 11.2 Å². The average Bonchev–Trinajstić information content (AvgIpc) is 2.67. The Morgan fingerprint density at radius 3 is 2.27 bits per heavy atom. The van der Waals surface area contributed by atoms with Crippen LogP contribution in [0.25, 0.3) is 0 Å². The van der Waals surface area contributed by atoms with Crippen LogP contribution in [0, 0.1) is 28.1 Å². The Bertz CT molecular complexity index is 704. The zero-order valence-electron chi connectivity index (χ0n) is 15.8. The molecule has 1 aliphatic carbocycles. The van der Waals surface area contributed by atoms with E-state index in [2.05, 4.69) is 19.1 Å². The maximum absolute atomic E-state index is 12.1. The van der Waals surface area contributed by atoms with E-state index in [-0.39, 0.29) is 25.0 Å². The number of nitrogens with zero attached hydrogens (tertiary/aromatic N) is 2. The van der Waals surface area contributed by atoms with Crippen molar-refractivity contribution >= 4 is 5.78 Å². The molecule has 0 aliphatic heterocycles. The van der Waals surface area contributed by atoms with Gasteiger partial charge in [0.15, 0.2) is 5.41 Å². The molecule has 0 radical (unpaired) electrons. The average molecular weight is 354 g/mol. The van der Waals surface area contributed by atoms with Crippen molar-refractivity contribution in [3.05, 3.63) is 23.3 Å². The standard InChI is InChI=1S/C21H26N2O3/c1-4-5-6-7-15-10-18(25-2)20(19(11-15)26-3)17-12-16(24)8-9-21(17,13-22)14-23/h10-11,17H,4-9,12H2,1-3H3/t17-/m0/s1. The summed E-state index contributed by atoms with van der Waals surface area (Å²) in [5, 5.41) is 19.4. The number of hydrogen-bond acceptors (Lipinski definition) is 5. The zero-order valence-corrected chi connectivity index (χ0v) is 15.8. The lowest BCUT2D eigenvalue weighted by atomic mass is 9.64. The van der Waals surface area contributed by atoms with Crippen LogP contribution >= 0.6 is 0 Å². The number of rotatable bonds is 7. The Morgan fingerprint density at radius 1 is 1.15 bits per heavy atom. The smallest absolute Gasteiger partial charge is 0.151 e. The van der Waals surface area contributed by atoms with E-state index >= 15 is 0 Å². The van der Waals surface area contributed by atoms with Crippen molar-refractivity contribution in [3.63, 3.8) is 0 Å². The van der Waals surface area contributed by atoms with Gasteiger partial charge in [-0.1, -0.05) is 19.8 Å². The number of unbranched alkanes of at least 4 members (excludes halogenated alkanes) is 2. The van der Waals surface area contributed by atoms with Crippen LogP contribution in [0.5, 0.6) is 11.5 Å². The van der Waals surface area contributed by atoms with Crippen LogP contribution in [0.4, 0.5) is 0 Å². The molecule has 1 aromatic carbocycles. The number of carbonyl (C=O) groups excluding carboxylic acids is 1. The summed E-state index contributed by atoms with van der Waals surface area (Å²) >= 11 is 0. The molecule has 138 valence electrons. The van der Waals surface area contributed by atoms with Gasteiger partial charge in [0.05, 0.1) is 26.4 Å². The van der Waals surface area contributed by atoms with Crippen LogP contribution in [-0.4, -0.2) is 20.0 Å². The van der Waals surface area contributed by atoms with Crippen molar-refractivity contribution in [2.24, 2.45) is 5.41 Å². The number of Topliss-reactive ketones (excluding diaryl/α,β-unsaturated/α-hetero) is 1. The molecule has 0 unspecified atom stereocenters. The van der Waals surface area contributed by atoms with Crippen molar-refractivity contribution in [1.29, 1.82) is 10.5 Å². The van der Waals surface area contributed by atoms with Gasteiger partial charge in [0.25, 0.3) is 0 Å². The van der Waals surface area contributed by atoms with Crippen LogP contribution in [0.2, 0.25) is 0 Å². The predicted molar refractivity (Wildman–Crippen MR) is 98.0 cm³/mol. The largest absolute Gasteiger partial charge is 0.496 e. The van der Waals surface area contributed by atoms with E-state index in [0.717, 1.165) is 31.2 Å². The van der Waals surface area contributed by atoms with E-state index in [9.17, 15) is 15.3 Å². The minimum atomic E-state index is -1.24. The molecule has 0 saturated heterocycles. The maximum atomic E-state index is 12.1. The van der Waals surface area contributed by atoms with Crippen molar-refractivity contribution in [2.45, 2.75) is 57.8 Å². The summed E-state index contributed by atoms with van der Waals surface area (Å²) in [4.78, 5) is 12.1. The first-order valence-electron chi connectivity index (χ1n) is 9.14. The molecule has 5 nitrogen and oxygen atoms in total. The summed E-state index contributed by atoms with van der Waals surface area (Å²) in [6, 6.07) is 8.24. The molecule has 5 heteroatoms. The minimum absolute atomic E-state index is 0.0623. The fraction of sp³-hybridized carbons (Fsp3) is 0.571. The summed E-state index contributed by atoms with van der Waals surface area (Å²) in [6.45, 7) is 2.16. The molecule has 0 bridgehead atoms. The Balaban J connectivity index is 2.54. The number of carbonyl (C=O) groups is 1. The highest BCUT2D eigenvalue weighted by atomic mass is 16.5. The number of methoxy groups -OCH3 is 2. The molecule has 1 aliphatic rings. The number of ether oxygens (including phenoxy) is 2. The van der Waals surface area contributed by atoms with Gasteiger partial charge in [-0.25, -0.2) is 0 Å². The van der Waals surface area contributed by atoms with Gasteiger partial charge in [-0.3, -0.25) is 4.79 Å². The molecule has 0 aromatic heterocycles. The second kappa shape index (κ2) is 8.72. The van der Waals surface area contributed by atoms with Crippen molar-refractivity contribution in [3.8, 4) is 23.6 Å². The summed E-state index contributed by atoms with van der Waals surface area (Å²) in [6.07, 6.45) is 4.93. The first-order chi connectivity index (χ1) is 12.5. The second-order valence-corrected chi connectivity index (χ2v) is 6.86. The molecule has 0 heterocycles. The molecule has 2 rings (SSSR count). The van der Waals surface area contributed by atoms with Crippen molar-refractivity contribution in [1.82, 2.24) is 0 Å². The Hall–Kier alpha value is -2.53. The van der Waals surface area contributed by atoms with E-state index in [1.165, 1.54) is 0 Å². The molecule has 0 amide bonds. The summed E-state index contributed by atoms with van der Waals surface area (Å²) in [5.41, 5.74) is 0.515. The number of nitriles is 2. The van der Waals surface area contributed by atoms with Crippen LogP contribution in [0.1, 0.15) is 62.5 Å². The van der Waals surface area contributed by atoms with Crippen LogP contribution in [0.15, 0.2) is 12.1 Å². The third kappa shape index (κ3) is 3.83.